The van der Waals surface area contributed by atoms with E-state index in [1.165, 1.54) is 24.3 Å². The zero-order chi connectivity index (χ0) is 24.4. The summed E-state index contributed by atoms with van der Waals surface area (Å²) in [5, 5.41) is 24.2. The lowest BCUT2D eigenvalue weighted by molar-refractivity contribution is -0.384. The molecule has 3 aromatic carbocycles. The number of rotatable bonds is 6. The van der Waals surface area contributed by atoms with Crippen LogP contribution in [0, 0.1) is 10.1 Å². The third-order valence-electron chi connectivity index (χ3n) is 5.18. The first-order valence-electron chi connectivity index (χ1n) is 10.5. The summed E-state index contributed by atoms with van der Waals surface area (Å²) in [6, 6.07) is 21.2. The second-order valence-electron chi connectivity index (χ2n) is 7.52. The first kappa shape index (κ1) is 21.7. The number of anilines is 1. The number of nitro groups is 1. The van der Waals surface area contributed by atoms with Crippen LogP contribution in [0.2, 0.25) is 0 Å². The molecule has 0 aliphatic carbocycles. The third-order valence-corrected chi connectivity index (χ3v) is 5.18. The van der Waals surface area contributed by atoms with Crippen molar-refractivity contribution in [2.24, 2.45) is 0 Å². The maximum atomic E-state index is 12.4. The van der Waals surface area contributed by atoms with Crippen molar-refractivity contribution in [3.63, 3.8) is 0 Å². The van der Waals surface area contributed by atoms with Crippen LogP contribution in [-0.4, -0.2) is 20.9 Å². The van der Waals surface area contributed by atoms with Crippen molar-refractivity contribution in [1.82, 2.24) is 4.98 Å². The molecule has 0 saturated heterocycles. The fraction of sp³-hybridized carbons (Fsp3) is 0. The van der Waals surface area contributed by atoms with Gasteiger partial charge in [-0.2, -0.15) is 0 Å². The molecule has 5 rings (SSSR count). The van der Waals surface area contributed by atoms with Crippen molar-refractivity contribution in [2.75, 3.05) is 5.32 Å². The van der Waals surface area contributed by atoms with Crippen molar-refractivity contribution in [1.29, 1.82) is 0 Å². The summed E-state index contributed by atoms with van der Waals surface area (Å²) in [4.78, 5) is 27.6. The maximum Gasteiger partial charge on any atom is 0.280 e. The number of carbonyl (C=O) groups is 1. The highest BCUT2D eigenvalue weighted by atomic mass is 16.6. The predicted octanol–water partition coefficient (Wildman–Crippen LogP) is 6.02. The quantitative estimate of drug-likeness (QED) is 0.135. The first-order valence-corrected chi connectivity index (χ1v) is 10.5. The normalized spacial score (nSPS) is 11.2. The topological polar surface area (TPSA) is 132 Å². The Morgan fingerprint density at radius 3 is 2.60 bits per heavy atom. The molecule has 0 atom stereocenters. The number of amides is 1. The molecular weight excluding hydrogens is 450 g/mol. The van der Waals surface area contributed by atoms with Crippen LogP contribution in [0.1, 0.15) is 5.76 Å². The minimum Gasteiger partial charge on any atom is -0.507 e. The molecule has 172 valence electrons. The number of nitrogens with zero attached hydrogens (tertiary/aromatic N) is 2. The van der Waals surface area contributed by atoms with Crippen LogP contribution in [0.25, 0.3) is 40.0 Å². The zero-order valence-corrected chi connectivity index (χ0v) is 18.0. The summed E-state index contributed by atoms with van der Waals surface area (Å²) in [6.45, 7) is 0. The van der Waals surface area contributed by atoms with Gasteiger partial charge < -0.3 is 19.3 Å². The number of carbonyl (C=O) groups excluding carboxylic acids is 1. The third kappa shape index (κ3) is 4.51. The number of phenols is 1. The number of hydrogen-bond acceptors (Lipinski definition) is 7. The van der Waals surface area contributed by atoms with E-state index < -0.39 is 10.8 Å². The number of benzene rings is 3. The molecule has 0 aliphatic rings. The number of aromatic hydroxyl groups is 1. The zero-order valence-electron chi connectivity index (χ0n) is 18.0. The first-order chi connectivity index (χ1) is 17.0. The molecule has 0 unspecified atom stereocenters. The smallest absolute Gasteiger partial charge is 0.280 e. The SMILES string of the molecule is O=C(/C=C/c1ccc(-c2ccccc2[N+](=O)[O-])o1)Nc1ccc(O)c(-c2nc3ccccc3o2)c1. The minimum absolute atomic E-state index is 0.0387. The average molecular weight is 467 g/mol. The van der Waals surface area contributed by atoms with Gasteiger partial charge in [0.15, 0.2) is 5.58 Å². The van der Waals surface area contributed by atoms with E-state index in [0.29, 0.717) is 39.4 Å². The van der Waals surface area contributed by atoms with Crippen LogP contribution in [0.3, 0.4) is 0 Å². The number of phenolic OH excluding ortho intramolecular Hbond substituents is 1. The van der Waals surface area contributed by atoms with E-state index in [1.54, 1.807) is 54.6 Å². The summed E-state index contributed by atoms with van der Waals surface area (Å²) in [5.74, 6) is 0.421. The molecule has 2 N–H and O–H groups in total. The molecule has 0 bridgehead atoms. The molecule has 2 heterocycles. The van der Waals surface area contributed by atoms with Gasteiger partial charge in [-0.05, 0) is 54.6 Å². The molecule has 2 aromatic heterocycles. The lowest BCUT2D eigenvalue weighted by Crippen LogP contribution is -2.07. The van der Waals surface area contributed by atoms with Gasteiger partial charge in [-0.3, -0.25) is 14.9 Å². The standard InChI is InChI=1S/C26H17N3O6/c30-22-12-9-16(15-19(22)26-28-20-6-2-4-8-24(20)35-26)27-25(31)14-11-17-10-13-23(34-17)18-5-1-3-7-21(18)29(32)33/h1-15,30H,(H,27,31)/b14-11+. The molecule has 9 heteroatoms. The highest BCUT2D eigenvalue weighted by Crippen LogP contribution is 2.33. The van der Waals surface area contributed by atoms with Crippen LogP contribution in [0.5, 0.6) is 5.75 Å². The Morgan fingerprint density at radius 2 is 1.77 bits per heavy atom. The molecule has 0 radical (unpaired) electrons. The largest absolute Gasteiger partial charge is 0.507 e. The minimum atomic E-state index is -0.479. The van der Waals surface area contributed by atoms with Crippen LogP contribution >= 0.6 is 0 Å². The Morgan fingerprint density at radius 1 is 0.971 bits per heavy atom. The Kier molecular flexibility index (Phi) is 5.56. The fourth-order valence-electron chi connectivity index (χ4n) is 3.54. The highest BCUT2D eigenvalue weighted by molar-refractivity contribution is 6.02. The maximum absolute atomic E-state index is 12.4. The fourth-order valence-corrected chi connectivity index (χ4v) is 3.54. The van der Waals surface area contributed by atoms with Crippen LogP contribution in [0.4, 0.5) is 11.4 Å². The van der Waals surface area contributed by atoms with Crippen LogP contribution < -0.4 is 5.32 Å². The number of oxazole rings is 1. The van der Waals surface area contributed by atoms with Gasteiger partial charge in [0.05, 0.1) is 16.1 Å². The van der Waals surface area contributed by atoms with Gasteiger partial charge in [0, 0.05) is 17.8 Å². The Hall–Kier alpha value is -5.18. The summed E-state index contributed by atoms with van der Waals surface area (Å²) in [7, 11) is 0. The molecular formula is C26H17N3O6. The Labute approximate surface area is 198 Å². The molecule has 0 fully saturated rings. The molecule has 1 amide bonds. The number of hydrogen-bond donors (Lipinski definition) is 2. The van der Waals surface area contributed by atoms with Crippen molar-refractivity contribution < 1.29 is 23.7 Å². The van der Waals surface area contributed by atoms with Crippen LogP contribution in [0.15, 0.2) is 93.8 Å². The van der Waals surface area contributed by atoms with Crippen molar-refractivity contribution >= 4 is 34.5 Å². The average Bonchev–Trinajstić information content (AvgIpc) is 3.51. The molecule has 0 saturated carbocycles. The van der Waals surface area contributed by atoms with Crippen molar-refractivity contribution in [3.05, 3.63) is 101 Å². The van der Waals surface area contributed by atoms with Crippen molar-refractivity contribution in [3.8, 4) is 28.5 Å². The van der Waals surface area contributed by atoms with E-state index in [2.05, 4.69) is 10.3 Å². The predicted molar refractivity (Wildman–Crippen MR) is 130 cm³/mol. The van der Waals surface area contributed by atoms with Crippen LogP contribution in [-0.2, 0) is 4.79 Å². The Bertz CT molecular complexity index is 1560. The summed E-state index contributed by atoms with van der Waals surface area (Å²) < 4.78 is 11.4. The molecule has 5 aromatic rings. The second-order valence-corrected chi connectivity index (χ2v) is 7.52. The van der Waals surface area contributed by atoms with E-state index in [4.69, 9.17) is 8.83 Å². The van der Waals surface area contributed by atoms with Gasteiger partial charge in [-0.1, -0.05) is 24.3 Å². The highest BCUT2D eigenvalue weighted by Gasteiger charge is 2.17. The summed E-state index contributed by atoms with van der Waals surface area (Å²) >= 11 is 0. The number of para-hydroxylation sites is 3. The van der Waals surface area contributed by atoms with E-state index in [9.17, 15) is 20.0 Å². The van der Waals surface area contributed by atoms with E-state index in [0.717, 1.165) is 0 Å². The molecule has 0 aliphatic heterocycles. The van der Waals surface area contributed by atoms with Crippen molar-refractivity contribution in [2.45, 2.75) is 0 Å². The number of nitrogens with one attached hydrogen (secondary N) is 1. The summed E-state index contributed by atoms with van der Waals surface area (Å²) in [6.07, 6.45) is 2.73. The molecule has 35 heavy (non-hydrogen) atoms. The van der Waals surface area contributed by atoms with Gasteiger partial charge >= 0.3 is 0 Å². The number of nitro benzene ring substituents is 1. The number of aromatic nitrogens is 1. The number of furan rings is 1. The second kappa shape index (κ2) is 8.99. The monoisotopic (exact) mass is 467 g/mol. The lowest BCUT2D eigenvalue weighted by atomic mass is 10.1. The van der Waals surface area contributed by atoms with E-state index >= 15 is 0 Å². The van der Waals surface area contributed by atoms with Gasteiger partial charge in [-0.15, -0.1) is 0 Å². The molecule has 0 spiro atoms. The lowest BCUT2D eigenvalue weighted by Gasteiger charge is -2.05. The number of fused-ring (bicyclic) bond motifs is 1. The van der Waals surface area contributed by atoms with Gasteiger partial charge in [0.25, 0.3) is 5.69 Å². The van der Waals surface area contributed by atoms with Gasteiger partial charge in [0.2, 0.25) is 11.8 Å². The van der Waals surface area contributed by atoms with Gasteiger partial charge in [-0.25, -0.2) is 4.98 Å². The Balaban J connectivity index is 1.32. The van der Waals surface area contributed by atoms with E-state index in [1.807, 2.05) is 12.1 Å². The van der Waals surface area contributed by atoms with E-state index in [-0.39, 0.29) is 17.3 Å². The molecule has 9 nitrogen and oxygen atoms in total. The van der Waals surface area contributed by atoms with Gasteiger partial charge in [0.1, 0.15) is 22.8 Å². The summed E-state index contributed by atoms with van der Waals surface area (Å²) in [5.41, 5.74) is 2.27.